The molecule has 0 spiro atoms. The number of nitrogens with zero attached hydrogens (tertiary/aromatic N) is 1. The summed E-state index contributed by atoms with van der Waals surface area (Å²) in [5.41, 5.74) is 1.56. The molecule has 2 aromatic carbocycles. The molecule has 4 rings (SSSR count). The van der Waals surface area contributed by atoms with E-state index >= 15 is 0 Å². The largest absolute Gasteiger partial charge is 0.447 e. The van der Waals surface area contributed by atoms with Crippen LogP contribution in [0.4, 0.5) is 20.6 Å². The normalized spacial score (nSPS) is 20.2. The zero-order valence-corrected chi connectivity index (χ0v) is 15.2. The van der Waals surface area contributed by atoms with Crippen molar-refractivity contribution in [2.24, 2.45) is 0 Å². The van der Waals surface area contributed by atoms with Crippen LogP contribution in [0.3, 0.4) is 0 Å². The average Bonchev–Trinajstić information content (AvgIpc) is 3.27. The number of benzene rings is 2. The maximum absolute atomic E-state index is 14.1. The van der Waals surface area contributed by atoms with E-state index in [0.29, 0.717) is 17.8 Å². The zero-order valence-electron chi connectivity index (χ0n) is 15.2. The molecule has 150 valence electrons. The predicted octanol–water partition coefficient (Wildman–Crippen LogP) is 2.02. The molecular formula is C20H18FN3O5. The third-order valence-electron chi connectivity index (χ3n) is 4.97. The average molecular weight is 399 g/mol. The lowest BCUT2D eigenvalue weighted by Crippen LogP contribution is -2.37. The number of anilines is 2. The van der Waals surface area contributed by atoms with Crippen LogP contribution < -0.4 is 15.5 Å². The molecule has 2 unspecified atom stereocenters. The molecular weight excluding hydrogens is 381 g/mol. The molecule has 0 radical (unpaired) electrons. The third kappa shape index (κ3) is 3.64. The van der Waals surface area contributed by atoms with Crippen molar-refractivity contribution in [1.29, 1.82) is 0 Å². The van der Waals surface area contributed by atoms with Gasteiger partial charge in [0.1, 0.15) is 12.4 Å². The maximum atomic E-state index is 14.1. The van der Waals surface area contributed by atoms with Gasteiger partial charge in [-0.1, -0.05) is 24.3 Å². The number of nitrogens with one attached hydrogen (secondary N) is 2. The number of rotatable bonds is 3. The number of carbonyl (C=O) groups is 3. The van der Waals surface area contributed by atoms with Gasteiger partial charge in [-0.15, -0.1) is 0 Å². The van der Waals surface area contributed by atoms with Crippen LogP contribution in [0, 0.1) is 5.82 Å². The van der Waals surface area contributed by atoms with Crippen LogP contribution in [-0.4, -0.2) is 36.2 Å². The van der Waals surface area contributed by atoms with Crippen molar-refractivity contribution in [3.05, 3.63) is 59.4 Å². The van der Waals surface area contributed by atoms with Crippen LogP contribution in [0.25, 0.3) is 0 Å². The van der Waals surface area contributed by atoms with Gasteiger partial charge in [0, 0.05) is 12.1 Å². The topological polar surface area (TPSA) is 108 Å². The van der Waals surface area contributed by atoms with Crippen molar-refractivity contribution in [2.45, 2.75) is 18.6 Å². The van der Waals surface area contributed by atoms with Gasteiger partial charge in [0.05, 0.1) is 24.4 Å². The van der Waals surface area contributed by atoms with Gasteiger partial charge in [-0.3, -0.25) is 14.5 Å². The molecule has 1 aliphatic carbocycles. The summed E-state index contributed by atoms with van der Waals surface area (Å²) in [5.74, 6) is -2.75. The number of aliphatic hydroxyl groups is 1. The summed E-state index contributed by atoms with van der Waals surface area (Å²) in [7, 11) is 0. The van der Waals surface area contributed by atoms with E-state index in [1.54, 1.807) is 24.3 Å². The number of cyclic esters (lactones) is 1. The Morgan fingerprint density at radius 1 is 1.14 bits per heavy atom. The lowest BCUT2D eigenvalue weighted by molar-refractivity contribution is -0.136. The lowest BCUT2D eigenvalue weighted by Gasteiger charge is -2.16. The number of hydrogen-bond acceptors (Lipinski definition) is 5. The van der Waals surface area contributed by atoms with E-state index in [2.05, 4.69) is 10.6 Å². The van der Waals surface area contributed by atoms with E-state index < -0.39 is 35.9 Å². The summed E-state index contributed by atoms with van der Waals surface area (Å²) < 4.78 is 19.0. The standard InChI is InChI=1S/C20H18FN3O5/c21-14-6-5-11(24-7-8-29-20(24)28)9-16(14)23-19(27)18(26)22-15-10-17(25)13-4-2-1-3-12(13)15/h1-6,9,15,17,25H,7-8,10H2,(H,22,26)(H,23,27). The first-order chi connectivity index (χ1) is 13.9. The van der Waals surface area contributed by atoms with Gasteiger partial charge >= 0.3 is 17.9 Å². The number of fused-ring (bicyclic) bond motifs is 1. The maximum Gasteiger partial charge on any atom is 0.414 e. The summed E-state index contributed by atoms with van der Waals surface area (Å²) in [6.07, 6.45) is -1.04. The molecule has 2 aliphatic rings. The Labute approximate surface area is 165 Å². The molecule has 1 saturated heterocycles. The fourth-order valence-electron chi connectivity index (χ4n) is 3.55. The monoisotopic (exact) mass is 399 g/mol. The summed E-state index contributed by atoms with van der Waals surface area (Å²) >= 11 is 0. The van der Waals surface area contributed by atoms with Crippen LogP contribution in [-0.2, 0) is 14.3 Å². The van der Waals surface area contributed by atoms with Crippen LogP contribution in [0.2, 0.25) is 0 Å². The lowest BCUT2D eigenvalue weighted by atomic mass is 10.1. The minimum absolute atomic E-state index is 0.217. The molecule has 2 aromatic rings. The Kier molecular flexibility index (Phi) is 4.89. The summed E-state index contributed by atoms with van der Waals surface area (Å²) in [6, 6.07) is 10.3. The highest BCUT2D eigenvalue weighted by Crippen LogP contribution is 2.38. The quantitative estimate of drug-likeness (QED) is 0.685. The summed E-state index contributed by atoms with van der Waals surface area (Å²) in [5, 5.41) is 14.9. The van der Waals surface area contributed by atoms with Crippen molar-refractivity contribution >= 4 is 29.3 Å². The molecule has 0 saturated carbocycles. The molecule has 1 fully saturated rings. The van der Waals surface area contributed by atoms with Crippen molar-refractivity contribution in [3.63, 3.8) is 0 Å². The summed E-state index contributed by atoms with van der Waals surface area (Å²) in [4.78, 5) is 37.6. The molecule has 2 atom stereocenters. The molecule has 1 heterocycles. The van der Waals surface area contributed by atoms with Gasteiger partial charge in [0.15, 0.2) is 0 Å². The van der Waals surface area contributed by atoms with Gasteiger partial charge in [-0.05, 0) is 29.3 Å². The second-order valence-corrected chi connectivity index (χ2v) is 6.79. The Bertz CT molecular complexity index is 996. The highest BCUT2D eigenvalue weighted by molar-refractivity contribution is 6.39. The Hall–Kier alpha value is -3.46. The van der Waals surface area contributed by atoms with Crippen molar-refractivity contribution < 1.29 is 28.6 Å². The molecule has 9 heteroatoms. The molecule has 3 N–H and O–H groups in total. The van der Waals surface area contributed by atoms with E-state index in [4.69, 9.17) is 4.74 Å². The number of carbonyl (C=O) groups excluding carboxylic acids is 3. The minimum Gasteiger partial charge on any atom is -0.447 e. The number of hydrogen-bond donors (Lipinski definition) is 3. The molecule has 3 amide bonds. The number of ether oxygens (including phenoxy) is 1. The van der Waals surface area contributed by atoms with Gasteiger partial charge in [0.25, 0.3) is 0 Å². The van der Waals surface area contributed by atoms with E-state index in [1.807, 2.05) is 0 Å². The van der Waals surface area contributed by atoms with Gasteiger partial charge < -0.3 is 20.5 Å². The fourth-order valence-corrected chi connectivity index (χ4v) is 3.55. The van der Waals surface area contributed by atoms with E-state index in [1.165, 1.54) is 17.0 Å². The minimum atomic E-state index is -1.05. The number of aliphatic hydroxyl groups excluding tert-OH is 1. The Morgan fingerprint density at radius 2 is 1.90 bits per heavy atom. The van der Waals surface area contributed by atoms with Gasteiger partial charge in [-0.2, -0.15) is 0 Å². The fraction of sp³-hybridized carbons (Fsp3) is 0.250. The molecule has 0 bridgehead atoms. The van der Waals surface area contributed by atoms with Crippen molar-refractivity contribution in [1.82, 2.24) is 5.32 Å². The van der Waals surface area contributed by atoms with E-state index in [0.717, 1.165) is 11.6 Å². The SMILES string of the molecule is O=C(Nc1cc(N2CCOC2=O)ccc1F)C(=O)NC1CC(O)c2ccccc21. The highest BCUT2D eigenvalue weighted by Gasteiger charge is 2.32. The predicted molar refractivity (Wildman–Crippen MR) is 101 cm³/mol. The first-order valence-electron chi connectivity index (χ1n) is 9.06. The smallest absolute Gasteiger partial charge is 0.414 e. The van der Waals surface area contributed by atoms with E-state index in [9.17, 15) is 23.9 Å². The van der Waals surface area contributed by atoms with E-state index in [-0.39, 0.29) is 18.7 Å². The Balaban J connectivity index is 1.46. The zero-order chi connectivity index (χ0) is 20.5. The highest BCUT2D eigenvalue weighted by atomic mass is 19.1. The second-order valence-electron chi connectivity index (χ2n) is 6.79. The molecule has 0 aromatic heterocycles. The van der Waals surface area contributed by atoms with Gasteiger partial charge in [-0.25, -0.2) is 9.18 Å². The number of halogens is 1. The van der Waals surface area contributed by atoms with Crippen LogP contribution in [0.1, 0.15) is 29.7 Å². The molecule has 29 heavy (non-hydrogen) atoms. The van der Waals surface area contributed by atoms with Gasteiger partial charge in [0.2, 0.25) is 0 Å². The first kappa shape index (κ1) is 18.9. The van der Waals surface area contributed by atoms with Crippen LogP contribution in [0.5, 0.6) is 0 Å². The first-order valence-corrected chi connectivity index (χ1v) is 9.06. The third-order valence-corrected chi connectivity index (χ3v) is 4.97. The van der Waals surface area contributed by atoms with Crippen LogP contribution >= 0.6 is 0 Å². The molecule has 8 nitrogen and oxygen atoms in total. The molecule has 1 aliphatic heterocycles. The number of amides is 3. The van der Waals surface area contributed by atoms with Crippen molar-refractivity contribution in [2.75, 3.05) is 23.4 Å². The Morgan fingerprint density at radius 3 is 2.62 bits per heavy atom. The summed E-state index contributed by atoms with van der Waals surface area (Å²) in [6.45, 7) is 0.525. The van der Waals surface area contributed by atoms with Crippen LogP contribution in [0.15, 0.2) is 42.5 Å². The second kappa shape index (κ2) is 7.51. The van der Waals surface area contributed by atoms with Crippen molar-refractivity contribution in [3.8, 4) is 0 Å².